The lowest BCUT2D eigenvalue weighted by atomic mass is 10.1. The number of aromatic nitrogens is 1. The van der Waals surface area contributed by atoms with Crippen LogP contribution in [-0.2, 0) is 10.8 Å². The second-order valence-corrected chi connectivity index (χ2v) is 5.74. The van der Waals surface area contributed by atoms with E-state index in [0.717, 1.165) is 5.56 Å². The molecule has 100 valence electrons. The van der Waals surface area contributed by atoms with Crippen molar-refractivity contribution >= 4 is 16.7 Å². The van der Waals surface area contributed by atoms with Crippen LogP contribution in [0.25, 0.3) is 0 Å². The standard InChI is InChI=1S/C14H16N2O2S/c1-19(18)10-13(11-6-3-2-4-7-11)16-14(17)12-8-5-9-15-12/h2-9,13,15H,10H2,1H3,(H,16,17). The summed E-state index contributed by atoms with van der Waals surface area (Å²) in [5.41, 5.74) is 1.46. The minimum absolute atomic E-state index is 0.190. The van der Waals surface area contributed by atoms with Gasteiger partial charge < -0.3 is 10.3 Å². The molecule has 0 aliphatic heterocycles. The Morgan fingerprint density at radius 1 is 1.26 bits per heavy atom. The van der Waals surface area contributed by atoms with Crippen LogP contribution in [0.2, 0.25) is 0 Å². The van der Waals surface area contributed by atoms with Crippen molar-refractivity contribution < 1.29 is 9.00 Å². The first-order chi connectivity index (χ1) is 9.16. The molecule has 0 spiro atoms. The molecule has 2 unspecified atom stereocenters. The zero-order valence-corrected chi connectivity index (χ0v) is 11.4. The molecule has 2 atom stereocenters. The van der Waals surface area contributed by atoms with Gasteiger partial charge in [-0.3, -0.25) is 9.00 Å². The minimum Gasteiger partial charge on any atom is -0.357 e. The number of H-pyrrole nitrogens is 1. The molecule has 0 saturated heterocycles. The Balaban J connectivity index is 2.15. The molecular formula is C14H16N2O2S. The zero-order chi connectivity index (χ0) is 13.7. The number of rotatable bonds is 5. The average Bonchev–Trinajstić information content (AvgIpc) is 2.92. The highest BCUT2D eigenvalue weighted by Gasteiger charge is 2.17. The molecule has 0 fully saturated rings. The Bertz CT molecular complexity index is 552. The second-order valence-electron chi connectivity index (χ2n) is 4.26. The van der Waals surface area contributed by atoms with E-state index in [4.69, 9.17) is 0 Å². The summed E-state index contributed by atoms with van der Waals surface area (Å²) in [5.74, 6) is 0.209. The van der Waals surface area contributed by atoms with Gasteiger partial charge in [-0.2, -0.15) is 0 Å². The fourth-order valence-corrected chi connectivity index (χ4v) is 2.59. The molecule has 19 heavy (non-hydrogen) atoms. The number of carbonyl (C=O) groups is 1. The molecule has 0 radical (unpaired) electrons. The number of hydrogen-bond acceptors (Lipinski definition) is 2. The summed E-state index contributed by atoms with van der Waals surface area (Å²) in [5, 5.41) is 2.90. The maximum atomic E-state index is 12.0. The molecule has 1 aromatic carbocycles. The fourth-order valence-electron chi connectivity index (χ4n) is 1.85. The van der Waals surface area contributed by atoms with Crippen LogP contribution < -0.4 is 5.32 Å². The molecule has 1 aromatic heterocycles. The fraction of sp³-hybridized carbons (Fsp3) is 0.214. The molecule has 0 bridgehead atoms. The van der Waals surface area contributed by atoms with Crippen molar-refractivity contribution in [2.75, 3.05) is 12.0 Å². The monoisotopic (exact) mass is 276 g/mol. The van der Waals surface area contributed by atoms with Gasteiger partial charge in [-0.05, 0) is 17.7 Å². The van der Waals surface area contributed by atoms with E-state index in [1.807, 2.05) is 30.3 Å². The molecule has 2 N–H and O–H groups in total. The van der Waals surface area contributed by atoms with Crippen LogP contribution >= 0.6 is 0 Å². The van der Waals surface area contributed by atoms with Gasteiger partial charge in [0.15, 0.2) is 0 Å². The summed E-state index contributed by atoms with van der Waals surface area (Å²) in [7, 11) is -0.984. The third kappa shape index (κ3) is 3.79. The summed E-state index contributed by atoms with van der Waals surface area (Å²) in [6.07, 6.45) is 3.33. The van der Waals surface area contributed by atoms with Gasteiger partial charge in [0, 0.05) is 29.0 Å². The Morgan fingerprint density at radius 2 is 2.00 bits per heavy atom. The molecule has 5 heteroatoms. The minimum atomic E-state index is -0.984. The van der Waals surface area contributed by atoms with Gasteiger partial charge in [0.05, 0.1) is 6.04 Å². The molecule has 2 rings (SSSR count). The van der Waals surface area contributed by atoms with Crippen LogP contribution in [0.4, 0.5) is 0 Å². The van der Waals surface area contributed by atoms with Crippen LogP contribution in [0, 0.1) is 0 Å². The first kappa shape index (κ1) is 13.5. The van der Waals surface area contributed by atoms with Crippen LogP contribution in [-0.4, -0.2) is 27.1 Å². The molecule has 0 aliphatic carbocycles. The summed E-state index contributed by atoms with van der Waals surface area (Å²) < 4.78 is 11.4. The van der Waals surface area contributed by atoms with Crippen molar-refractivity contribution in [1.82, 2.24) is 10.3 Å². The summed E-state index contributed by atoms with van der Waals surface area (Å²) in [4.78, 5) is 14.9. The molecule has 0 aliphatic rings. The van der Waals surface area contributed by atoms with Gasteiger partial charge in [-0.15, -0.1) is 0 Å². The van der Waals surface area contributed by atoms with Gasteiger partial charge in [0.2, 0.25) is 0 Å². The lowest BCUT2D eigenvalue weighted by molar-refractivity contribution is 0.0936. The maximum absolute atomic E-state index is 12.0. The highest BCUT2D eigenvalue weighted by Crippen LogP contribution is 2.14. The molecule has 4 nitrogen and oxygen atoms in total. The first-order valence-electron chi connectivity index (χ1n) is 5.96. The summed E-state index contributed by atoms with van der Waals surface area (Å²) in [6.45, 7) is 0. The van der Waals surface area contributed by atoms with Crippen molar-refractivity contribution in [3.05, 3.63) is 59.9 Å². The van der Waals surface area contributed by atoms with Crippen molar-refractivity contribution in [3.8, 4) is 0 Å². The maximum Gasteiger partial charge on any atom is 0.268 e. The zero-order valence-electron chi connectivity index (χ0n) is 10.6. The number of amides is 1. The van der Waals surface area contributed by atoms with E-state index >= 15 is 0 Å². The summed E-state index contributed by atoms with van der Waals surface area (Å²) in [6, 6.07) is 12.8. The van der Waals surface area contributed by atoms with Crippen molar-refractivity contribution in [2.24, 2.45) is 0 Å². The Kier molecular flexibility index (Phi) is 4.52. The van der Waals surface area contributed by atoms with Gasteiger partial charge in [0.1, 0.15) is 5.69 Å². The smallest absolute Gasteiger partial charge is 0.268 e. The normalized spacial score (nSPS) is 13.7. The van der Waals surface area contributed by atoms with Gasteiger partial charge in [-0.1, -0.05) is 30.3 Å². The molecular weight excluding hydrogens is 260 g/mol. The van der Waals surface area contributed by atoms with E-state index < -0.39 is 10.8 Å². The van der Waals surface area contributed by atoms with E-state index in [1.165, 1.54) is 0 Å². The van der Waals surface area contributed by atoms with Crippen molar-refractivity contribution in [2.45, 2.75) is 6.04 Å². The molecule has 0 saturated carbocycles. The van der Waals surface area contributed by atoms with E-state index in [9.17, 15) is 9.00 Å². The van der Waals surface area contributed by atoms with E-state index in [0.29, 0.717) is 11.4 Å². The van der Waals surface area contributed by atoms with E-state index in [2.05, 4.69) is 10.3 Å². The number of hydrogen-bond donors (Lipinski definition) is 2. The summed E-state index contributed by atoms with van der Waals surface area (Å²) >= 11 is 0. The van der Waals surface area contributed by atoms with Crippen molar-refractivity contribution in [3.63, 3.8) is 0 Å². The number of nitrogens with one attached hydrogen (secondary N) is 2. The van der Waals surface area contributed by atoms with Gasteiger partial charge >= 0.3 is 0 Å². The van der Waals surface area contributed by atoms with Crippen molar-refractivity contribution in [1.29, 1.82) is 0 Å². The Labute approximate surface area is 114 Å². The quantitative estimate of drug-likeness (QED) is 0.875. The van der Waals surface area contributed by atoms with Crippen LogP contribution in [0.5, 0.6) is 0 Å². The number of aromatic amines is 1. The highest BCUT2D eigenvalue weighted by atomic mass is 32.2. The molecule has 1 amide bonds. The predicted octanol–water partition coefficient (Wildman–Crippen LogP) is 1.86. The largest absolute Gasteiger partial charge is 0.357 e. The predicted molar refractivity (Wildman–Crippen MR) is 76.4 cm³/mol. The van der Waals surface area contributed by atoms with Crippen LogP contribution in [0.15, 0.2) is 48.7 Å². The number of benzene rings is 1. The average molecular weight is 276 g/mol. The first-order valence-corrected chi connectivity index (χ1v) is 7.69. The topological polar surface area (TPSA) is 62.0 Å². The molecule has 1 heterocycles. The highest BCUT2D eigenvalue weighted by molar-refractivity contribution is 7.84. The van der Waals surface area contributed by atoms with E-state index in [-0.39, 0.29) is 11.9 Å². The second kappa shape index (κ2) is 6.33. The SMILES string of the molecule is CS(=O)CC(NC(=O)c1ccc[nH]1)c1ccccc1. The van der Waals surface area contributed by atoms with Crippen LogP contribution in [0.1, 0.15) is 22.1 Å². The molecule has 2 aromatic rings. The number of carbonyl (C=O) groups excluding carboxylic acids is 1. The Hall–Kier alpha value is -1.88. The van der Waals surface area contributed by atoms with E-state index in [1.54, 1.807) is 24.6 Å². The third-order valence-electron chi connectivity index (χ3n) is 2.75. The lowest BCUT2D eigenvalue weighted by Gasteiger charge is -2.17. The van der Waals surface area contributed by atoms with Gasteiger partial charge in [-0.25, -0.2) is 0 Å². The third-order valence-corrected chi connectivity index (χ3v) is 3.55. The van der Waals surface area contributed by atoms with Gasteiger partial charge in [0.25, 0.3) is 5.91 Å². The Morgan fingerprint density at radius 3 is 2.58 bits per heavy atom. The lowest BCUT2D eigenvalue weighted by Crippen LogP contribution is -2.32. The van der Waals surface area contributed by atoms with Crippen LogP contribution in [0.3, 0.4) is 0 Å².